The van der Waals surface area contributed by atoms with Crippen molar-refractivity contribution in [3.63, 3.8) is 0 Å². The molecule has 0 aromatic carbocycles. The van der Waals surface area contributed by atoms with Crippen LogP contribution in [0.15, 0.2) is 6.33 Å². The molecule has 2 saturated heterocycles. The Balaban J connectivity index is 1.91. The van der Waals surface area contributed by atoms with Crippen LogP contribution < -0.4 is 5.73 Å². The third kappa shape index (κ3) is 2.85. The van der Waals surface area contributed by atoms with Crippen molar-refractivity contribution in [3.05, 3.63) is 12.2 Å². The molecule has 2 aromatic rings. The molecule has 16 nitrogen and oxygen atoms in total. The number of fused-ring (bicyclic) bond motifs is 5. The molecule has 2 aliphatic rings. The van der Waals surface area contributed by atoms with Crippen molar-refractivity contribution in [3.8, 4) is 0 Å². The van der Waals surface area contributed by atoms with Gasteiger partial charge in [0.2, 0.25) is 0 Å². The summed E-state index contributed by atoms with van der Waals surface area (Å²) in [5.41, 5.74) is 2.87. The number of rotatable bonds is 1. The lowest BCUT2D eigenvalue weighted by Crippen LogP contribution is -2.50. The summed E-state index contributed by atoms with van der Waals surface area (Å²) in [6.07, 6.45) is -0.00147. The second-order valence-corrected chi connectivity index (χ2v) is 6.84. The first kappa shape index (κ1) is 18.2. The first-order valence-electron chi connectivity index (χ1n) is 7.21. The van der Waals surface area contributed by atoms with Crippen LogP contribution in [0.1, 0.15) is 18.2 Å². The number of aromatic amines is 1. The van der Waals surface area contributed by atoms with Gasteiger partial charge in [-0.3, -0.25) is 14.7 Å². The van der Waals surface area contributed by atoms with E-state index in [0.717, 1.165) is 0 Å². The molecule has 0 saturated carbocycles. The molecule has 0 amide bonds. The van der Waals surface area contributed by atoms with E-state index < -0.39 is 49.5 Å². The first-order chi connectivity index (χ1) is 13.2. The average Bonchev–Trinajstić information content (AvgIpc) is 3.12. The summed E-state index contributed by atoms with van der Waals surface area (Å²) in [6, 6.07) is 0. The van der Waals surface area contributed by atoms with Gasteiger partial charge in [-0.15, -0.1) is 0 Å². The number of H-pyrrole nitrogens is 1. The van der Waals surface area contributed by atoms with Gasteiger partial charge in [0, 0.05) is 0 Å². The Hall–Kier alpha value is -3.17. The molecule has 3 unspecified atom stereocenters. The zero-order valence-corrected chi connectivity index (χ0v) is 14.2. The molecule has 0 aliphatic carbocycles. The van der Waals surface area contributed by atoms with Crippen molar-refractivity contribution < 1.29 is 52.7 Å². The summed E-state index contributed by atoms with van der Waals surface area (Å²) in [4.78, 5) is 63.6. The fourth-order valence-electron chi connectivity index (χ4n) is 2.46. The molecule has 4 heterocycles. The molecule has 3 atom stereocenters. The Bertz CT molecular complexity index is 1050. The topological polar surface area (TPSA) is 224 Å². The number of imidazole rings is 1. The highest BCUT2D eigenvalue weighted by molar-refractivity contribution is 7.48. The van der Waals surface area contributed by atoms with Gasteiger partial charge in [0.1, 0.15) is 5.52 Å². The van der Waals surface area contributed by atoms with Crippen molar-refractivity contribution >= 4 is 42.7 Å². The number of nitrogens with zero attached hydrogens (tertiary/aromatic N) is 3. The number of anilines is 1. The maximum atomic E-state index is 12.5. The Morgan fingerprint density at radius 1 is 1.18 bits per heavy atom. The molecular formula is C11H8N5O11P. The molecule has 4 N–H and O–H groups in total. The SMILES string of the molecule is Nc1nc(C2C(=O)OOP3(=O)OOC(=O)CC2(O)C(=O)OO3)nc2nc[nH]c12. The van der Waals surface area contributed by atoms with Crippen molar-refractivity contribution in [1.82, 2.24) is 19.9 Å². The summed E-state index contributed by atoms with van der Waals surface area (Å²) in [5, 5.41) is 10.9. The summed E-state index contributed by atoms with van der Waals surface area (Å²) in [5.74, 6) is -7.64. The van der Waals surface area contributed by atoms with Crippen molar-refractivity contribution in [1.29, 1.82) is 0 Å². The maximum absolute atomic E-state index is 12.5. The summed E-state index contributed by atoms with van der Waals surface area (Å²) < 4.78 is 24.4. The lowest BCUT2D eigenvalue weighted by Gasteiger charge is -2.28. The maximum Gasteiger partial charge on any atom is 0.584 e. The van der Waals surface area contributed by atoms with Crippen molar-refractivity contribution in [2.45, 2.75) is 17.9 Å². The highest BCUT2D eigenvalue weighted by Gasteiger charge is 2.59. The van der Waals surface area contributed by atoms with Crippen LogP contribution >= 0.6 is 7.82 Å². The highest BCUT2D eigenvalue weighted by atomic mass is 31.2. The third-order valence-corrected chi connectivity index (χ3v) is 4.48. The lowest BCUT2D eigenvalue weighted by atomic mass is 9.83. The predicted molar refractivity (Wildman–Crippen MR) is 77.5 cm³/mol. The minimum absolute atomic E-state index is 0.0354. The minimum atomic E-state index is -5.02. The predicted octanol–water partition coefficient (Wildman–Crippen LogP) is -1.30. The van der Waals surface area contributed by atoms with E-state index in [1.165, 1.54) is 6.33 Å². The molecule has 0 spiro atoms. The van der Waals surface area contributed by atoms with Crippen LogP contribution in [-0.2, 0) is 47.6 Å². The molecule has 0 radical (unpaired) electrons. The smallest absolute Gasteiger partial charge is 0.382 e. The van der Waals surface area contributed by atoms with Crippen LogP contribution in [0.5, 0.6) is 0 Å². The van der Waals surface area contributed by atoms with E-state index >= 15 is 0 Å². The molecule has 2 aromatic heterocycles. The van der Waals surface area contributed by atoms with E-state index in [9.17, 15) is 24.1 Å². The summed E-state index contributed by atoms with van der Waals surface area (Å²) >= 11 is 0. The normalized spacial score (nSPS) is 31.0. The zero-order chi connectivity index (χ0) is 20.1. The van der Waals surface area contributed by atoms with Crippen LogP contribution in [0, 0.1) is 0 Å². The number of aromatic nitrogens is 4. The second-order valence-electron chi connectivity index (χ2n) is 5.50. The number of nitrogens with two attached hydrogens (primary N) is 1. The lowest BCUT2D eigenvalue weighted by molar-refractivity contribution is -0.291. The van der Waals surface area contributed by atoms with E-state index in [-0.39, 0.29) is 17.0 Å². The summed E-state index contributed by atoms with van der Waals surface area (Å²) in [6.45, 7) is 0. The number of hydrogen-bond donors (Lipinski definition) is 3. The van der Waals surface area contributed by atoms with E-state index in [1.54, 1.807) is 0 Å². The van der Waals surface area contributed by atoms with Crippen LogP contribution in [0.2, 0.25) is 0 Å². The van der Waals surface area contributed by atoms with Crippen molar-refractivity contribution in [2.24, 2.45) is 0 Å². The molecule has 148 valence electrons. The van der Waals surface area contributed by atoms with Gasteiger partial charge in [0.15, 0.2) is 28.8 Å². The number of carbonyl (C=O) groups excluding carboxylic acids is 3. The van der Waals surface area contributed by atoms with E-state index in [4.69, 9.17) is 5.73 Å². The van der Waals surface area contributed by atoms with Gasteiger partial charge in [-0.2, -0.15) is 0 Å². The molecule has 28 heavy (non-hydrogen) atoms. The van der Waals surface area contributed by atoms with Gasteiger partial charge in [0.25, 0.3) is 0 Å². The number of hydrogen-bond acceptors (Lipinski definition) is 15. The van der Waals surface area contributed by atoms with E-state index in [0.29, 0.717) is 0 Å². The molecule has 2 aliphatic heterocycles. The number of nitrogen functional groups attached to an aromatic ring is 1. The highest BCUT2D eigenvalue weighted by Crippen LogP contribution is 2.53. The standard InChI is InChI=1S/C11H8N5O11P/c12-6-5-8(14-2-13-5)16-7(15-6)4-9(18)23-26-28(21)25-22-3(17)1-11(4,20)10(19)24-27-28/h2,4,20H,1H2,(H3,12,13,14,15,16). The number of nitrogens with one attached hydrogen (secondary N) is 1. The van der Waals surface area contributed by atoms with Gasteiger partial charge < -0.3 is 15.8 Å². The Kier molecular flexibility index (Phi) is 4.02. The van der Waals surface area contributed by atoms with Crippen LogP contribution in [0.25, 0.3) is 11.2 Å². The van der Waals surface area contributed by atoms with Gasteiger partial charge in [0.05, 0.1) is 12.7 Å². The monoisotopic (exact) mass is 417 g/mol. The van der Waals surface area contributed by atoms with Crippen LogP contribution in [-0.4, -0.2) is 48.6 Å². The molecule has 17 heteroatoms. The fourth-order valence-corrected chi connectivity index (χ4v) is 3.04. The zero-order valence-electron chi connectivity index (χ0n) is 13.3. The molecular weight excluding hydrogens is 409 g/mol. The Morgan fingerprint density at radius 3 is 2.68 bits per heavy atom. The quantitative estimate of drug-likeness (QED) is 0.362. The summed E-state index contributed by atoms with van der Waals surface area (Å²) in [7, 11) is -5.02. The van der Waals surface area contributed by atoms with E-state index in [2.05, 4.69) is 48.6 Å². The molecule has 2 fully saturated rings. The largest absolute Gasteiger partial charge is 0.584 e. The molecule has 4 rings (SSSR count). The Labute approximate surface area is 152 Å². The van der Waals surface area contributed by atoms with Gasteiger partial charge in [-0.1, -0.05) is 14.0 Å². The third-order valence-electron chi connectivity index (χ3n) is 3.71. The van der Waals surface area contributed by atoms with Gasteiger partial charge in [-0.05, 0) is 0 Å². The van der Waals surface area contributed by atoms with Crippen LogP contribution in [0.3, 0.4) is 0 Å². The van der Waals surface area contributed by atoms with E-state index in [1.807, 2.05) is 0 Å². The van der Waals surface area contributed by atoms with Gasteiger partial charge in [-0.25, -0.2) is 33.9 Å². The van der Waals surface area contributed by atoms with Gasteiger partial charge >= 0.3 is 25.7 Å². The van der Waals surface area contributed by atoms with Crippen molar-refractivity contribution in [2.75, 3.05) is 5.73 Å². The number of phosphoric acid groups is 1. The number of carbonyl (C=O) groups is 3. The average molecular weight is 417 g/mol. The fraction of sp³-hybridized carbons (Fsp3) is 0.273. The first-order valence-corrected chi connectivity index (χ1v) is 8.67. The number of aliphatic hydroxyl groups is 1. The molecule has 2 bridgehead atoms. The van der Waals surface area contributed by atoms with Crippen LogP contribution in [0.4, 0.5) is 5.82 Å². The second kappa shape index (κ2) is 6.18. The Morgan fingerprint density at radius 2 is 1.89 bits per heavy atom. The minimum Gasteiger partial charge on any atom is -0.382 e.